The van der Waals surface area contributed by atoms with Crippen LogP contribution in [-0.2, 0) is 44.5 Å². The van der Waals surface area contributed by atoms with Crippen LogP contribution in [0, 0.1) is 5.92 Å². The van der Waals surface area contributed by atoms with Gasteiger partial charge >= 0.3 is 18.2 Å². The highest BCUT2D eigenvalue weighted by atomic mass is 35.5. The minimum atomic E-state index is -1.86. The number of allylic oxidation sites excluding steroid dienone is 3. The summed E-state index contributed by atoms with van der Waals surface area (Å²) in [6, 6.07) is 18.7. The molecule has 17 heteroatoms. The molecule has 69 heavy (non-hydrogen) atoms. The zero-order valence-electron chi connectivity index (χ0n) is 40.7. The summed E-state index contributed by atoms with van der Waals surface area (Å²) in [4.78, 5) is 72.2. The van der Waals surface area contributed by atoms with Crippen molar-refractivity contribution < 1.29 is 57.5 Å². The number of likely N-dealkylation sites (N-methyl/N-ethyl adjacent to an activating group) is 1. The van der Waals surface area contributed by atoms with Crippen LogP contribution in [-0.4, -0.2) is 135 Å². The second kappa shape index (κ2) is 21.0. The van der Waals surface area contributed by atoms with Gasteiger partial charge in [0.05, 0.1) is 25.3 Å². The Bertz CT molecular complexity index is 2470. The summed E-state index contributed by atoms with van der Waals surface area (Å²) < 4.78 is 35.3. The topological polar surface area (TPSA) is 186 Å². The number of methoxy groups -OCH3 is 2. The van der Waals surface area contributed by atoms with E-state index in [1.807, 2.05) is 37.3 Å². The van der Waals surface area contributed by atoms with E-state index in [1.165, 1.54) is 42.9 Å². The summed E-state index contributed by atoms with van der Waals surface area (Å²) in [5.74, 6) is -1.93. The van der Waals surface area contributed by atoms with Gasteiger partial charge in [-0.3, -0.25) is 14.9 Å². The van der Waals surface area contributed by atoms with Crippen molar-refractivity contribution >= 4 is 47.3 Å². The molecule has 1 unspecified atom stereocenters. The zero-order valence-corrected chi connectivity index (χ0v) is 41.4. The predicted octanol–water partition coefficient (Wildman–Crippen LogP) is 7.18. The molecule has 0 saturated carbocycles. The monoisotopic (exact) mass is 970 g/mol. The summed E-state index contributed by atoms with van der Waals surface area (Å²) >= 11 is 6.82. The van der Waals surface area contributed by atoms with E-state index in [1.54, 1.807) is 52.2 Å². The lowest BCUT2D eigenvalue weighted by Crippen LogP contribution is -2.63. The summed E-state index contributed by atoms with van der Waals surface area (Å²) in [5, 5.41) is 14.6. The van der Waals surface area contributed by atoms with Gasteiger partial charge in [-0.05, 0) is 73.6 Å². The van der Waals surface area contributed by atoms with Crippen molar-refractivity contribution in [3.63, 3.8) is 0 Å². The number of nitrogens with zero attached hydrogens (tertiary/aromatic N) is 3. The molecule has 16 nitrogen and oxygen atoms in total. The average molecular weight is 972 g/mol. The lowest BCUT2D eigenvalue weighted by molar-refractivity contribution is -0.162. The van der Waals surface area contributed by atoms with Crippen molar-refractivity contribution in [2.24, 2.45) is 5.92 Å². The molecule has 370 valence electrons. The predicted molar refractivity (Wildman–Crippen MR) is 258 cm³/mol. The van der Waals surface area contributed by atoms with E-state index in [9.17, 15) is 29.1 Å². The van der Waals surface area contributed by atoms with Crippen LogP contribution in [0.1, 0.15) is 76.0 Å². The number of hydrogen-bond acceptors (Lipinski definition) is 12. The van der Waals surface area contributed by atoms with Crippen molar-refractivity contribution in [2.75, 3.05) is 53.4 Å². The number of alkyl carbamates (subject to hydrolysis) is 1. The molecule has 3 heterocycles. The maximum atomic E-state index is 14.4. The van der Waals surface area contributed by atoms with Crippen molar-refractivity contribution in [3.05, 3.63) is 106 Å². The molecular weight excluding hydrogens is 908 g/mol. The molecule has 0 aromatic heterocycles. The Kier molecular flexibility index (Phi) is 15.5. The lowest BCUT2D eigenvalue weighted by atomic mass is 9.83. The van der Waals surface area contributed by atoms with Gasteiger partial charge in [-0.25, -0.2) is 14.4 Å². The molecule has 4 aliphatic rings. The fourth-order valence-electron chi connectivity index (χ4n) is 9.66. The first-order chi connectivity index (χ1) is 32.8. The summed E-state index contributed by atoms with van der Waals surface area (Å²) in [5.41, 5.74) is 3.39. The Hall–Kier alpha value is -5.94. The van der Waals surface area contributed by atoms with Crippen LogP contribution in [0.5, 0.6) is 5.75 Å². The van der Waals surface area contributed by atoms with Crippen molar-refractivity contribution in [1.82, 2.24) is 15.1 Å². The molecule has 3 aromatic carbocycles. The molecule has 3 aliphatic heterocycles. The van der Waals surface area contributed by atoms with Gasteiger partial charge in [-0.2, -0.15) is 0 Å². The largest absolute Gasteiger partial charge is 0.495 e. The van der Waals surface area contributed by atoms with E-state index in [0.29, 0.717) is 24.3 Å². The second-order valence-electron chi connectivity index (χ2n) is 18.7. The van der Waals surface area contributed by atoms with E-state index in [-0.39, 0.29) is 49.3 Å². The normalized spacial score (nSPS) is 27.2. The standard InChI is InChI=1S/C52H63ClN4O12/c1-30-16-14-21-42(65-9)52(63)28-41(67-49(61)54-52)31(2)47-51(4,69-47)43(27-45(59)57(7)39-25-33(24-30)26-40(64-8)46(39)53)68-48(60)32(3)56(6)44(58)22-15-23-55(5)50(62)66-29-38-36-19-12-10-17-34(36)35-18-11-13-20-37(35)38/h10-14,16-21,25-26,31-32,38,41-43,47,63H,15,22-24,27-29H2,1-9H3,(H,54,61)/b21-14+,30-16+/t31-,32+,41+,42-,43+,47?,51+,52+/m1/s1. The van der Waals surface area contributed by atoms with Crippen LogP contribution in [0.2, 0.25) is 5.02 Å². The van der Waals surface area contributed by atoms with E-state index in [0.717, 1.165) is 33.4 Å². The lowest BCUT2D eigenvalue weighted by Gasteiger charge is -2.42. The Balaban J connectivity index is 1.04. The molecule has 8 atom stereocenters. The van der Waals surface area contributed by atoms with Gasteiger partial charge in [-0.15, -0.1) is 0 Å². The third-order valence-corrected chi connectivity index (χ3v) is 14.4. The molecule has 7 rings (SSSR count). The number of ether oxygens (including phenoxy) is 6. The molecule has 2 N–H and O–H groups in total. The first kappa shape index (κ1) is 50.9. The number of halogens is 1. The van der Waals surface area contributed by atoms with Crippen LogP contribution in [0.3, 0.4) is 0 Å². The van der Waals surface area contributed by atoms with Crippen LogP contribution in [0.4, 0.5) is 15.3 Å². The molecule has 3 aromatic rings. The molecule has 4 amide bonds. The third-order valence-electron chi connectivity index (χ3n) is 14.1. The SMILES string of the molecule is COc1cc2cc(c1Cl)N(C)C(=O)C[C@H](OC(=O)[C@H](C)N(C)C(=O)CCCN(C)C(=O)OCC1c3ccccc3-c3ccccc31)[C@]1(C)OC1[C@H](C)[C@@H]1C[C@@](O)(NC(=O)O1)[C@H](OC)/C=C/C=C(\C)C2. The number of aliphatic hydroxyl groups is 1. The molecule has 0 spiro atoms. The van der Waals surface area contributed by atoms with Gasteiger partial charge < -0.3 is 48.2 Å². The number of nitrogens with one attached hydrogen (secondary N) is 1. The van der Waals surface area contributed by atoms with Gasteiger partial charge in [-0.1, -0.05) is 90.9 Å². The van der Waals surface area contributed by atoms with Crippen LogP contribution in [0.15, 0.2) is 84.5 Å². The zero-order chi connectivity index (χ0) is 49.9. The number of rotatable bonds is 11. The number of esters is 1. The number of carbonyl (C=O) groups excluding carboxylic acids is 5. The molecule has 2 fully saturated rings. The van der Waals surface area contributed by atoms with Crippen molar-refractivity contribution in [1.29, 1.82) is 0 Å². The number of amides is 4. The number of hydrogen-bond donors (Lipinski definition) is 2. The van der Waals surface area contributed by atoms with Crippen LogP contribution < -0.4 is 15.0 Å². The quantitative estimate of drug-likeness (QED) is 0.112. The van der Waals surface area contributed by atoms with Crippen molar-refractivity contribution in [3.8, 4) is 16.9 Å². The fourth-order valence-corrected chi connectivity index (χ4v) is 9.97. The van der Waals surface area contributed by atoms with Gasteiger partial charge in [0, 0.05) is 59.5 Å². The van der Waals surface area contributed by atoms with Crippen LogP contribution >= 0.6 is 11.6 Å². The Morgan fingerprint density at radius 2 is 1.71 bits per heavy atom. The number of anilines is 1. The first-order valence-electron chi connectivity index (χ1n) is 23.2. The van der Waals surface area contributed by atoms with Gasteiger partial charge in [0.25, 0.3) is 0 Å². The third kappa shape index (κ3) is 10.8. The highest BCUT2D eigenvalue weighted by Crippen LogP contribution is 2.49. The minimum absolute atomic E-state index is 0.0157. The molecular formula is C52H63ClN4O12. The highest BCUT2D eigenvalue weighted by Gasteiger charge is 2.64. The summed E-state index contributed by atoms with van der Waals surface area (Å²) in [6.07, 6.45) is 0.404. The van der Waals surface area contributed by atoms with Gasteiger partial charge in [0.1, 0.15) is 47.3 Å². The number of benzene rings is 3. The molecule has 0 radical (unpaired) electrons. The Morgan fingerprint density at radius 3 is 2.36 bits per heavy atom. The first-order valence-corrected chi connectivity index (χ1v) is 23.6. The van der Waals surface area contributed by atoms with Crippen LogP contribution in [0.25, 0.3) is 11.1 Å². The van der Waals surface area contributed by atoms with E-state index < -0.39 is 71.8 Å². The minimum Gasteiger partial charge on any atom is -0.495 e. The van der Waals surface area contributed by atoms with E-state index in [2.05, 4.69) is 29.6 Å². The Morgan fingerprint density at radius 1 is 1.04 bits per heavy atom. The fraction of sp³-hybridized carbons (Fsp3) is 0.481. The van der Waals surface area contributed by atoms with Gasteiger partial charge in [0.15, 0.2) is 5.72 Å². The number of carbonyl (C=O) groups is 5. The summed E-state index contributed by atoms with van der Waals surface area (Å²) in [6.45, 7) is 7.33. The maximum Gasteiger partial charge on any atom is 0.409 e. The number of epoxide rings is 1. The highest BCUT2D eigenvalue weighted by molar-refractivity contribution is 6.35. The van der Waals surface area contributed by atoms with E-state index >= 15 is 0 Å². The van der Waals surface area contributed by atoms with Crippen molar-refractivity contribution in [2.45, 2.75) is 108 Å². The number of fused-ring (bicyclic) bond motifs is 8. The Labute approximate surface area is 408 Å². The average Bonchev–Trinajstić information content (AvgIpc) is 3.93. The van der Waals surface area contributed by atoms with E-state index in [4.69, 9.17) is 40.0 Å². The molecule has 4 bridgehead atoms. The molecule has 2 saturated heterocycles. The maximum absolute atomic E-state index is 14.4. The second-order valence-corrected chi connectivity index (χ2v) is 19.1. The summed E-state index contributed by atoms with van der Waals surface area (Å²) in [7, 11) is 7.57. The van der Waals surface area contributed by atoms with Gasteiger partial charge in [0.2, 0.25) is 11.8 Å². The molecule has 1 aliphatic carbocycles. The smallest absolute Gasteiger partial charge is 0.409 e.